The van der Waals surface area contributed by atoms with Crippen molar-refractivity contribution in [2.75, 3.05) is 7.11 Å². The molecule has 1 fully saturated rings. The van der Waals surface area contributed by atoms with Crippen LogP contribution in [0.3, 0.4) is 0 Å². The molecule has 4 heteroatoms. The van der Waals surface area contributed by atoms with Gasteiger partial charge in [0.15, 0.2) is 0 Å². The molecule has 1 atom stereocenters. The quantitative estimate of drug-likeness (QED) is 0.764. The number of likely N-dealkylation sites (tertiary alicyclic amines) is 1. The summed E-state index contributed by atoms with van der Waals surface area (Å²) in [5.74, 6) is -0.292. The first kappa shape index (κ1) is 12.6. The van der Waals surface area contributed by atoms with E-state index in [0.717, 1.165) is 12.0 Å². The highest BCUT2D eigenvalue weighted by molar-refractivity contribution is 5.85. The van der Waals surface area contributed by atoms with Crippen molar-refractivity contribution in [1.82, 2.24) is 4.90 Å². The first-order chi connectivity index (χ1) is 8.72. The van der Waals surface area contributed by atoms with E-state index in [0.29, 0.717) is 19.4 Å². The Morgan fingerprint density at radius 1 is 1.39 bits per heavy atom. The Morgan fingerprint density at radius 3 is 2.78 bits per heavy atom. The zero-order valence-electron chi connectivity index (χ0n) is 10.5. The van der Waals surface area contributed by atoms with E-state index in [-0.39, 0.29) is 11.9 Å². The van der Waals surface area contributed by atoms with Crippen molar-refractivity contribution in [3.8, 4) is 0 Å². The number of hydrogen-bond donors (Lipinski definition) is 0. The molecule has 0 saturated carbocycles. The molecule has 1 aliphatic heterocycles. The van der Waals surface area contributed by atoms with Crippen LogP contribution in [-0.4, -0.2) is 29.9 Å². The molecule has 1 aromatic rings. The first-order valence-corrected chi connectivity index (χ1v) is 6.13. The predicted molar refractivity (Wildman–Crippen MR) is 66.6 cm³/mol. The maximum absolute atomic E-state index is 11.9. The van der Waals surface area contributed by atoms with Gasteiger partial charge in [-0.05, 0) is 18.4 Å². The lowest BCUT2D eigenvalue weighted by Crippen LogP contribution is -2.47. The molecule has 1 aliphatic rings. The third-order valence-corrected chi connectivity index (χ3v) is 3.23. The topological polar surface area (TPSA) is 46.6 Å². The molecule has 0 bridgehead atoms. The average Bonchev–Trinajstić information content (AvgIpc) is 2.41. The van der Waals surface area contributed by atoms with Crippen molar-refractivity contribution in [3.63, 3.8) is 0 Å². The van der Waals surface area contributed by atoms with Gasteiger partial charge < -0.3 is 9.64 Å². The molecule has 1 aromatic carbocycles. The number of rotatable bonds is 3. The Balaban J connectivity index is 2.15. The van der Waals surface area contributed by atoms with Crippen molar-refractivity contribution in [1.29, 1.82) is 0 Å². The molecule has 2 rings (SSSR count). The predicted octanol–water partition coefficient (Wildman–Crippen LogP) is 1.74. The Labute approximate surface area is 107 Å². The maximum Gasteiger partial charge on any atom is 0.328 e. The molecule has 1 amide bonds. The number of methoxy groups -OCH3 is 1. The van der Waals surface area contributed by atoms with Crippen LogP contribution in [0.25, 0.3) is 0 Å². The normalized spacial score (nSPS) is 19.7. The lowest BCUT2D eigenvalue weighted by molar-refractivity contribution is -0.156. The molecule has 4 nitrogen and oxygen atoms in total. The van der Waals surface area contributed by atoms with Crippen LogP contribution in [0.15, 0.2) is 30.3 Å². The summed E-state index contributed by atoms with van der Waals surface area (Å²) in [5, 5.41) is 0. The van der Waals surface area contributed by atoms with Gasteiger partial charge in [-0.2, -0.15) is 0 Å². The Morgan fingerprint density at radius 2 is 2.11 bits per heavy atom. The van der Waals surface area contributed by atoms with E-state index < -0.39 is 6.04 Å². The number of piperidine rings is 1. The molecule has 0 aromatic heterocycles. The van der Waals surface area contributed by atoms with Crippen LogP contribution in [-0.2, 0) is 20.9 Å². The van der Waals surface area contributed by atoms with Crippen LogP contribution < -0.4 is 0 Å². The van der Waals surface area contributed by atoms with Crippen molar-refractivity contribution >= 4 is 11.9 Å². The fourth-order valence-electron chi connectivity index (χ4n) is 2.28. The van der Waals surface area contributed by atoms with Crippen LogP contribution in [0.1, 0.15) is 24.8 Å². The summed E-state index contributed by atoms with van der Waals surface area (Å²) in [6.07, 6.45) is 1.95. The second-order valence-corrected chi connectivity index (χ2v) is 4.44. The Hall–Kier alpha value is -1.84. The van der Waals surface area contributed by atoms with Crippen LogP contribution >= 0.6 is 0 Å². The molecule has 96 valence electrons. The molecular formula is C14H17NO3. The summed E-state index contributed by atoms with van der Waals surface area (Å²) >= 11 is 0. The molecule has 0 unspecified atom stereocenters. The van der Waals surface area contributed by atoms with Crippen molar-refractivity contribution in [2.24, 2.45) is 0 Å². The monoisotopic (exact) mass is 247 g/mol. The van der Waals surface area contributed by atoms with Gasteiger partial charge in [0.1, 0.15) is 6.04 Å². The van der Waals surface area contributed by atoms with E-state index in [2.05, 4.69) is 0 Å². The van der Waals surface area contributed by atoms with Crippen molar-refractivity contribution in [2.45, 2.75) is 31.8 Å². The molecule has 0 N–H and O–H groups in total. The number of carbonyl (C=O) groups is 2. The largest absolute Gasteiger partial charge is 0.467 e. The minimum Gasteiger partial charge on any atom is -0.467 e. The number of ether oxygens (including phenoxy) is 1. The van der Waals surface area contributed by atoms with E-state index in [1.807, 2.05) is 30.3 Å². The minimum absolute atomic E-state index is 0.0282. The number of esters is 1. The fourth-order valence-corrected chi connectivity index (χ4v) is 2.28. The van der Waals surface area contributed by atoms with Gasteiger partial charge in [0.25, 0.3) is 0 Å². The number of benzene rings is 1. The average molecular weight is 247 g/mol. The van der Waals surface area contributed by atoms with Gasteiger partial charge in [0.05, 0.1) is 7.11 Å². The smallest absolute Gasteiger partial charge is 0.328 e. The van der Waals surface area contributed by atoms with Crippen LogP contribution in [0, 0.1) is 0 Å². The second kappa shape index (κ2) is 5.67. The van der Waals surface area contributed by atoms with Crippen LogP contribution in [0.2, 0.25) is 0 Å². The van der Waals surface area contributed by atoms with Gasteiger partial charge in [-0.15, -0.1) is 0 Å². The van der Waals surface area contributed by atoms with E-state index in [1.165, 1.54) is 7.11 Å². The zero-order valence-corrected chi connectivity index (χ0v) is 10.5. The lowest BCUT2D eigenvalue weighted by atomic mass is 10.0. The number of carbonyl (C=O) groups excluding carboxylic acids is 2. The summed E-state index contributed by atoms with van der Waals surface area (Å²) in [6, 6.07) is 9.26. The first-order valence-electron chi connectivity index (χ1n) is 6.13. The summed E-state index contributed by atoms with van der Waals surface area (Å²) < 4.78 is 4.77. The third-order valence-electron chi connectivity index (χ3n) is 3.23. The summed E-state index contributed by atoms with van der Waals surface area (Å²) in [6.45, 7) is 0.472. The van der Waals surface area contributed by atoms with E-state index >= 15 is 0 Å². The highest BCUT2D eigenvalue weighted by Gasteiger charge is 2.33. The standard InChI is InChI=1S/C14H17NO3/c1-18-14(17)12-8-5-9-13(16)15(12)10-11-6-3-2-4-7-11/h2-4,6-7,12H,5,8-10H2,1H3/t12-/m1/s1. The van der Waals surface area contributed by atoms with Gasteiger partial charge in [0.2, 0.25) is 5.91 Å². The molecule has 1 heterocycles. The Bertz CT molecular complexity index is 430. The third kappa shape index (κ3) is 2.70. The fraction of sp³-hybridized carbons (Fsp3) is 0.429. The van der Waals surface area contributed by atoms with Gasteiger partial charge in [-0.1, -0.05) is 30.3 Å². The van der Waals surface area contributed by atoms with Crippen molar-refractivity contribution in [3.05, 3.63) is 35.9 Å². The Kier molecular flexibility index (Phi) is 3.97. The van der Waals surface area contributed by atoms with Gasteiger partial charge >= 0.3 is 5.97 Å². The highest BCUT2D eigenvalue weighted by atomic mass is 16.5. The molecule has 18 heavy (non-hydrogen) atoms. The van der Waals surface area contributed by atoms with E-state index in [9.17, 15) is 9.59 Å². The summed E-state index contributed by atoms with van der Waals surface area (Å²) in [5.41, 5.74) is 1.03. The lowest BCUT2D eigenvalue weighted by Gasteiger charge is -2.33. The molecule has 0 radical (unpaired) electrons. The zero-order chi connectivity index (χ0) is 13.0. The SMILES string of the molecule is COC(=O)[C@H]1CCCC(=O)N1Cc1ccccc1. The molecule has 0 aliphatic carbocycles. The summed E-state index contributed by atoms with van der Waals surface area (Å²) in [4.78, 5) is 25.3. The number of nitrogens with zero attached hydrogens (tertiary/aromatic N) is 1. The number of hydrogen-bond acceptors (Lipinski definition) is 3. The maximum atomic E-state index is 11.9. The van der Waals surface area contributed by atoms with Crippen LogP contribution in [0.5, 0.6) is 0 Å². The highest BCUT2D eigenvalue weighted by Crippen LogP contribution is 2.21. The molecule has 1 saturated heterocycles. The van der Waals surface area contributed by atoms with Gasteiger partial charge in [-0.3, -0.25) is 4.79 Å². The molecule has 0 spiro atoms. The van der Waals surface area contributed by atoms with Gasteiger partial charge in [-0.25, -0.2) is 4.79 Å². The minimum atomic E-state index is -0.434. The van der Waals surface area contributed by atoms with Crippen molar-refractivity contribution < 1.29 is 14.3 Å². The van der Waals surface area contributed by atoms with E-state index in [1.54, 1.807) is 4.90 Å². The van der Waals surface area contributed by atoms with Gasteiger partial charge in [0, 0.05) is 13.0 Å². The summed E-state index contributed by atoms with van der Waals surface area (Å²) in [7, 11) is 1.36. The van der Waals surface area contributed by atoms with Crippen LogP contribution in [0.4, 0.5) is 0 Å². The number of amides is 1. The second-order valence-electron chi connectivity index (χ2n) is 4.44. The molecular weight excluding hydrogens is 230 g/mol. The van der Waals surface area contributed by atoms with E-state index in [4.69, 9.17) is 4.74 Å².